The van der Waals surface area contributed by atoms with Crippen LogP contribution in [0.4, 0.5) is 0 Å². The molecule has 0 atom stereocenters. The summed E-state index contributed by atoms with van der Waals surface area (Å²) in [6.45, 7) is 5.66. The summed E-state index contributed by atoms with van der Waals surface area (Å²) in [4.78, 5) is 14.3. The van der Waals surface area contributed by atoms with Gasteiger partial charge in [-0.15, -0.1) is 11.8 Å². The number of carboxylic acids is 1. The Kier molecular flexibility index (Phi) is 7.61. The van der Waals surface area contributed by atoms with Crippen LogP contribution in [0.25, 0.3) is 0 Å². The van der Waals surface area contributed by atoms with Gasteiger partial charge < -0.3 is 14.7 Å². The first kappa shape index (κ1) is 23.7. The van der Waals surface area contributed by atoms with Crippen LogP contribution in [0.15, 0.2) is 35.2 Å². The average molecular weight is 494 g/mol. The summed E-state index contributed by atoms with van der Waals surface area (Å²) < 4.78 is 6.15. The molecule has 2 aliphatic rings. The van der Waals surface area contributed by atoms with Gasteiger partial charge in [-0.2, -0.15) is 0 Å². The molecule has 4 rings (SSSR count). The topological polar surface area (TPSA) is 49.8 Å². The standard InChI is InChI=1S/C25H29Cl2NO3S/c1-2-17-12-19(26)13-18(24(17)27)15-32-20-5-6-21-22(14-20)31-16-25(21)7-10-28(11-8-25)9-3-4-23(29)30/h5-6,12-14H,2-4,7-11,15-16H2,1H3,(H,29,30). The number of thioether (sulfide) groups is 1. The highest BCUT2D eigenvalue weighted by atomic mass is 35.5. The summed E-state index contributed by atoms with van der Waals surface area (Å²) >= 11 is 14.6. The van der Waals surface area contributed by atoms with Gasteiger partial charge in [0.1, 0.15) is 5.75 Å². The second kappa shape index (κ2) is 10.3. The van der Waals surface area contributed by atoms with E-state index in [1.165, 1.54) is 10.5 Å². The Morgan fingerprint density at radius 2 is 1.94 bits per heavy atom. The maximum absolute atomic E-state index is 10.7. The molecule has 0 unspecified atom stereocenters. The van der Waals surface area contributed by atoms with E-state index >= 15 is 0 Å². The molecule has 2 aromatic rings. The molecule has 32 heavy (non-hydrogen) atoms. The fourth-order valence-corrected chi connectivity index (χ4v) is 6.30. The average Bonchev–Trinajstić information content (AvgIpc) is 3.12. The van der Waals surface area contributed by atoms with Crippen molar-refractivity contribution in [2.24, 2.45) is 0 Å². The lowest BCUT2D eigenvalue weighted by atomic mass is 9.74. The van der Waals surface area contributed by atoms with Crippen LogP contribution in [0.2, 0.25) is 10.0 Å². The van der Waals surface area contributed by atoms with E-state index in [9.17, 15) is 4.79 Å². The van der Waals surface area contributed by atoms with Crippen molar-refractivity contribution in [3.8, 4) is 5.75 Å². The Morgan fingerprint density at radius 3 is 2.66 bits per heavy atom. The molecular weight excluding hydrogens is 465 g/mol. The highest BCUT2D eigenvalue weighted by Gasteiger charge is 2.42. The van der Waals surface area contributed by atoms with Crippen LogP contribution in [-0.2, 0) is 22.4 Å². The molecular formula is C25H29Cl2NO3S. The van der Waals surface area contributed by atoms with Gasteiger partial charge in [0.25, 0.3) is 0 Å². The number of halogens is 2. The number of nitrogens with zero attached hydrogens (tertiary/aromatic N) is 1. The second-order valence-electron chi connectivity index (χ2n) is 8.75. The molecule has 0 radical (unpaired) electrons. The van der Waals surface area contributed by atoms with Gasteiger partial charge in [-0.25, -0.2) is 0 Å². The van der Waals surface area contributed by atoms with Crippen molar-refractivity contribution in [2.75, 3.05) is 26.2 Å². The van der Waals surface area contributed by atoms with E-state index in [1.54, 1.807) is 11.8 Å². The Hall–Kier alpha value is -1.40. The van der Waals surface area contributed by atoms with Gasteiger partial charge in [0.2, 0.25) is 0 Å². The molecule has 1 saturated heterocycles. The third kappa shape index (κ3) is 5.22. The fraction of sp³-hybridized carbons (Fsp3) is 0.480. The second-order valence-corrected chi connectivity index (χ2v) is 10.6. The smallest absolute Gasteiger partial charge is 0.303 e. The first-order valence-electron chi connectivity index (χ1n) is 11.2. The minimum atomic E-state index is -0.714. The monoisotopic (exact) mass is 493 g/mol. The molecule has 1 spiro atoms. The molecule has 2 heterocycles. The van der Waals surface area contributed by atoms with Crippen molar-refractivity contribution in [2.45, 2.75) is 55.1 Å². The highest BCUT2D eigenvalue weighted by Crippen LogP contribution is 2.47. The summed E-state index contributed by atoms with van der Waals surface area (Å²) in [5.74, 6) is 1.05. The molecule has 1 fully saturated rings. The molecule has 1 N–H and O–H groups in total. The van der Waals surface area contributed by atoms with Crippen molar-refractivity contribution in [1.82, 2.24) is 4.90 Å². The van der Waals surface area contributed by atoms with E-state index in [-0.39, 0.29) is 11.8 Å². The maximum atomic E-state index is 10.7. The van der Waals surface area contributed by atoms with Crippen LogP contribution >= 0.6 is 35.0 Å². The molecule has 4 nitrogen and oxygen atoms in total. The first-order chi connectivity index (χ1) is 15.4. The first-order valence-corrected chi connectivity index (χ1v) is 13.0. The minimum Gasteiger partial charge on any atom is -0.492 e. The third-order valence-electron chi connectivity index (χ3n) is 6.67. The van der Waals surface area contributed by atoms with Crippen LogP contribution < -0.4 is 4.74 Å². The summed E-state index contributed by atoms with van der Waals surface area (Å²) in [5.41, 5.74) is 3.56. The van der Waals surface area contributed by atoms with Crippen LogP contribution in [0.1, 0.15) is 49.3 Å². The van der Waals surface area contributed by atoms with Crippen molar-refractivity contribution in [1.29, 1.82) is 0 Å². The molecule has 7 heteroatoms. The number of aliphatic carboxylic acids is 1. The summed E-state index contributed by atoms with van der Waals surface area (Å²) in [5, 5.41) is 10.4. The number of likely N-dealkylation sites (tertiary alicyclic amines) is 1. The van der Waals surface area contributed by atoms with Crippen LogP contribution in [-0.4, -0.2) is 42.2 Å². The highest BCUT2D eigenvalue weighted by molar-refractivity contribution is 7.98. The third-order valence-corrected chi connectivity index (χ3v) is 8.42. The molecule has 172 valence electrons. The van der Waals surface area contributed by atoms with Gasteiger partial charge in [-0.3, -0.25) is 4.79 Å². The van der Waals surface area contributed by atoms with Crippen molar-refractivity contribution in [3.05, 3.63) is 57.1 Å². The number of fused-ring (bicyclic) bond motifs is 2. The van der Waals surface area contributed by atoms with Gasteiger partial charge >= 0.3 is 5.97 Å². The normalized spacial score (nSPS) is 17.3. The van der Waals surface area contributed by atoms with E-state index in [2.05, 4.69) is 30.0 Å². The summed E-state index contributed by atoms with van der Waals surface area (Å²) in [6.07, 6.45) is 3.93. The Morgan fingerprint density at radius 1 is 1.19 bits per heavy atom. The predicted octanol–water partition coefficient (Wildman–Crippen LogP) is 6.44. The summed E-state index contributed by atoms with van der Waals surface area (Å²) in [6, 6.07) is 10.5. The number of ether oxygens (including phenoxy) is 1. The van der Waals surface area contributed by atoms with Gasteiger partial charge in [0.15, 0.2) is 0 Å². The quantitative estimate of drug-likeness (QED) is 0.428. The lowest BCUT2D eigenvalue weighted by Crippen LogP contribution is -2.43. The van der Waals surface area contributed by atoms with Gasteiger partial charge in [-0.05, 0) is 80.7 Å². The molecule has 0 bridgehead atoms. The molecule has 0 aliphatic carbocycles. The fourth-order valence-electron chi connectivity index (χ4n) is 4.75. The number of aryl methyl sites for hydroxylation is 1. The van der Waals surface area contributed by atoms with Gasteiger partial charge in [-0.1, -0.05) is 36.2 Å². The van der Waals surface area contributed by atoms with Crippen molar-refractivity contribution >= 4 is 40.9 Å². The number of benzene rings is 2. The number of carboxylic acid groups (broad SMARTS) is 1. The Labute approximate surface area is 204 Å². The number of piperidine rings is 1. The van der Waals surface area contributed by atoms with E-state index < -0.39 is 5.97 Å². The van der Waals surface area contributed by atoms with Crippen LogP contribution in [0.5, 0.6) is 5.75 Å². The molecule has 0 amide bonds. The molecule has 0 saturated carbocycles. The van der Waals surface area contributed by atoms with Crippen LogP contribution in [0, 0.1) is 0 Å². The van der Waals surface area contributed by atoms with E-state index in [1.807, 2.05) is 12.1 Å². The number of rotatable bonds is 8. The van der Waals surface area contributed by atoms with Crippen LogP contribution in [0.3, 0.4) is 0 Å². The zero-order valence-corrected chi connectivity index (χ0v) is 20.7. The molecule has 0 aromatic heterocycles. The summed E-state index contributed by atoms with van der Waals surface area (Å²) in [7, 11) is 0. The number of carbonyl (C=O) groups is 1. The van der Waals surface area contributed by atoms with Crippen molar-refractivity contribution in [3.63, 3.8) is 0 Å². The lowest BCUT2D eigenvalue weighted by Gasteiger charge is -2.38. The zero-order chi connectivity index (χ0) is 22.7. The van der Waals surface area contributed by atoms with E-state index in [0.717, 1.165) is 78.2 Å². The van der Waals surface area contributed by atoms with Gasteiger partial charge in [0, 0.05) is 38.1 Å². The minimum absolute atomic E-state index is 0.0914. The van der Waals surface area contributed by atoms with Crippen molar-refractivity contribution < 1.29 is 14.6 Å². The van der Waals surface area contributed by atoms with E-state index in [0.29, 0.717) is 6.42 Å². The zero-order valence-electron chi connectivity index (χ0n) is 18.3. The lowest BCUT2D eigenvalue weighted by molar-refractivity contribution is -0.137. The predicted molar refractivity (Wildman–Crippen MR) is 132 cm³/mol. The Balaban J connectivity index is 1.38. The maximum Gasteiger partial charge on any atom is 0.303 e. The Bertz CT molecular complexity index is 989. The molecule has 2 aromatic carbocycles. The van der Waals surface area contributed by atoms with Gasteiger partial charge in [0.05, 0.1) is 6.61 Å². The largest absolute Gasteiger partial charge is 0.492 e. The molecule has 2 aliphatic heterocycles. The number of hydrogen-bond donors (Lipinski definition) is 1. The van der Waals surface area contributed by atoms with E-state index in [4.69, 9.17) is 33.0 Å². The SMILES string of the molecule is CCc1cc(Cl)cc(CSc2ccc3c(c2)OCC32CCN(CCCC(=O)O)CC2)c1Cl. The number of hydrogen-bond acceptors (Lipinski definition) is 4.